The fourth-order valence-corrected chi connectivity index (χ4v) is 4.61. The van der Waals surface area contributed by atoms with Crippen molar-refractivity contribution in [2.45, 2.75) is 30.6 Å². The topological polar surface area (TPSA) is 75.7 Å². The average Bonchev–Trinajstić information content (AvgIpc) is 3.23. The van der Waals surface area contributed by atoms with Crippen LogP contribution < -0.4 is 10.1 Å². The lowest BCUT2D eigenvalue weighted by Gasteiger charge is -2.15. The molecule has 6 nitrogen and oxygen atoms in total. The highest BCUT2D eigenvalue weighted by Gasteiger charge is 2.26. The van der Waals surface area contributed by atoms with Gasteiger partial charge in [-0.05, 0) is 67.8 Å². The van der Waals surface area contributed by atoms with Gasteiger partial charge in [-0.15, -0.1) is 0 Å². The third-order valence-corrected chi connectivity index (χ3v) is 6.64. The Morgan fingerprint density at radius 3 is 2.32 bits per heavy atom. The van der Waals surface area contributed by atoms with Gasteiger partial charge >= 0.3 is 0 Å². The van der Waals surface area contributed by atoms with Gasteiger partial charge in [-0.3, -0.25) is 4.79 Å². The van der Waals surface area contributed by atoms with Crippen LogP contribution in [0.5, 0.6) is 5.75 Å². The number of nitrogens with zero attached hydrogens (tertiary/aromatic N) is 1. The van der Waals surface area contributed by atoms with Crippen molar-refractivity contribution in [3.05, 3.63) is 53.6 Å². The molecule has 1 fully saturated rings. The van der Waals surface area contributed by atoms with E-state index in [2.05, 4.69) is 5.32 Å². The number of ether oxygens (including phenoxy) is 1. The summed E-state index contributed by atoms with van der Waals surface area (Å²) in [7, 11) is -3.43. The summed E-state index contributed by atoms with van der Waals surface area (Å²) in [5.41, 5.74) is 0.573. The SMILES string of the molecule is O=C(CCCOc1ccc(Cl)cc1)Nc1ccc(S(=O)(=O)N2CCCC2)cc1. The van der Waals surface area contributed by atoms with Gasteiger partial charge in [0.1, 0.15) is 5.75 Å². The van der Waals surface area contributed by atoms with Gasteiger partial charge in [-0.1, -0.05) is 11.6 Å². The molecule has 1 N–H and O–H groups in total. The van der Waals surface area contributed by atoms with Crippen molar-refractivity contribution < 1.29 is 17.9 Å². The van der Waals surface area contributed by atoms with Gasteiger partial charge in [-0.2, -0.15) is 4.31 Å². The van der Waals surface area contributed by atoms with E-state index >= 15 is 0 Å². The molecule has 0 bridgehead atoms. The molecule has 150 valence electrons. The van der Waals surface area contributed by atoms with Gasteiger partial charge in [0.15, 0.2) is 0 Å². The molecule has 2 aromatic carbocycles. The lowest BCUT2D eigenvalue weighted by molar-refractivity contribution is -0.116. The van der Waals surface area contributed by atoms with Crippen molar-refractivity contribution >= 4 is 33.2 Å². The van der Waals surface area contributed by atoms with Crippen LogP contribution in [0.2, 0.25) is 5.02 Å². The molecular formula is C20H23ClN2O4S. The molecule has 1 aliphatic rings. The molecule has 8 heteroatoms. The summed E-state index contributed by atoms with van der Waals surface area (Å²) < 4.78 is 32.0. The maximum absolute atomic E-state index is 12.5. The maximum atomic E-state index is 12.5. The van der Waals surface area contributed by atoms with Crippen molar-refractivity contribution in [1.82, 2.24) is 4.31 Å². The minimum Gasteiger partial charge on any atom is -0.494 e. The van der Waals surface area contributed by atoms with E-state index in [-0.39, 0.29) is 10.8 Å². The smallest absolute Gasteiger partial charge is 0.243 e. The number of carbonyl (C=O) groups is 1. The van der Waals surface area contributed by atoms with E-state index in [0.717, 1.165) is 12.8 Å². The van der Waals surface area contributed by atoms with Crippen molar-refractivity contribution in [2.75, 3.05) is 25.0 Å². The van der Waals surface area contributed by atoms with Crippen LogP contribution in [0.4, 0.5) is 5.69 Å². The molecule has 28 heavy (non-hydrogen) atoms. The van der Waals surface area contributed by atoms with E-state index in [9.17, 15) is 13.2 Å². The fraction of sp³-hybridized carbons (Fsp3) is 0.350. The maximum Gasteiger partial charge on any atom is 0.243 e. The highest BCUT2D eigenvalue weighted by atomic mass is 35.5. The number of nitrogens with one attached hydrogen (secondary N) is 1. The molecular weight excluding hydrogens is 400 g/mol. The van der Waals surface area contributed by atoms with Crippen LogP contribution in [0.25, 0.3) is 0 Å². The third-order valence-electron chi connectivity index (χ3n) is 4.47. The third kappa shape index (κ3) is 5.47. The molecule has 1 saturated heterocycles. The Hall–Kier alpha value is -2.09. The summed E-state index contributed by atoms with van der Waals surface area (Å²) >= 11 is 5.81. The largest absolute Gasteiger partial charge is 0.494 e. The van der Waals surface area contributed by atoms with Crippen LogP contribution >= 0.6 is 11.6 Å². The first-order chi connectivity index (χ1) is 13.4. The molecule has 3 rings (SSSR count). The molecule has 0 aromatic heterocycles. The molecule has 0 radical (unpaired) electrons. The van der Waals surface area contributed by atoms with Gasteiger partial charge in [0, 0.05) is 30.2 Å². The number of hydrogen-bond donors (Lipinski definition) is 1. The molecule has 0 unspecified atom stereocenters. The molecule has 0 aliphatic carbocycles. The number of benzene rings is 2. The van der Waals surface area contributed by atoms with E-state index in [1.54, 1.807) is 36.4 Å². The van der Waals surface area contributed by atoms with E-state index in [0.29, 0.717) is 49.0 Å². The molecule has 1 heterocycles. The zero-order valence-electron chi connectivity index (χ0n) is 15.4. The first-order valence-electron chi connectivity index (χ1n) is 9.23. The first-order valence-corrected chi connectivity index (χ1v) is 11.1. The quantitative estimate of drug-likeness (QED) is 0.654. The van der Waals surface area contributed by atoms with E-state index in [4.69, 9.17) is 16.3 Å². The Morgan fingerprint density at radius 1 is 1.04 bits per heavy atom. The number of carbonyl (C=O) groups excluding carboxylic acids is 1. The summed E-state index contributed by atoms with van der Waals surface area (Å²) in [5, 5.41) is 3.42. The zero-order valence-corrected chi connectivity index (χ0v) is 17.0. The second-order valence-electron chi connectivity index (χ2n) is 6.59. The summed E-state index contributed by atoms with van der Waals surface area (Å²) in [5.74, 6) is 0.564. The van der Waals surface area contributed by atoms with Gasteiger partial charge in [-0.25, -0.2) is 8.42 Å². The normalized spacial score (nSPS) is 14.8. The van der Waals surface area contributed by atoms with Crippen LogP contribution in [0, 0.1) is 0 Å². The molecule has 1 aliphatic heterocycles. The lowest BCUT2D eigenvalue weighted by Crippen LogP contribution is -2.27. The second-order valence-corrected chi connectivity index (χ2v) is 8.96. The molecule has 0 atom stereocenters. The van der Waals surface area contributed by atoms with Crippen LogP contribution in [-0.2, 0) is 14.8 Å². The van der Waals surface area contributed by atoms with Crippen LogP contribution in [0.15, 0.2) is 53.4 Å². The number of rotatable bonds is 8. The molecule has 0 saturated carbocycles. The first kappa shape index (κ1) is 20.6. The lowest BCUT2D eigenvalue weighted by atomic mass is 10.2. The van der Waals surface area contributed by atoms with Gasteiger partial charge in [0.05, 0.1) is 11.5 Å². The van der Waals surface area contributed by atoms with E-state index in [1.807, 2.05) is 0 Å². The minimum atomic E-state index is -3.43. The number of anilines is 1. The van der Waals surface area contributed by atoms with Crippen LogP contribution in [0.3, 0.4) is 0 Å². The predicted octanol–water partition coefficient (Wildman–Crippen LogP) is 3.92. The standard InChI is InChI=1S/C20H23ClN2O4S/c21-16-5-9-18(10-6-16)27-15-3-4-20(24)22-17-7-11-19(12-8-17)28(25,26)23-13-1-2-14-23/h5-12H,1-4,13-15H2,(H,22,24). The highest BCUT2D eigenvalue weighted by Crippen LogP contribution is 2.22. The number of sulfonamides is 1. The summed E-state index contributed by atoms with van der Waals surface area (Å²) in [6.45, 7) is 1.56. The van der Waals surface area contributed by atoms with Crippen molar-refractivity contribution in [1.29, 1.82) is 0 Å². The Balaban J connectivity index is 1.44. The molecule has 1 amide bonds. The second kappa shape index (κ2) is 9.41. The minimum absolute atomic E-state index is 0.144. The monoisotopic (exact) mass is 422 g/mol. The Labute approximate surface area is 170 Å². The van der Waals surface area contributed by atoms with E-state index < -0.39 is 10.0 Å². The van der Waals surface area contributed by atoms with Crippen LogP contribution in [0.1, 0.15) is 25.7 Å². The number of amides is 1. The number of hydrogen-bond acceptors (Lipinski definition) is 4. The van der Waals surface area contributed by atoms with Crippen molar-refractivity contribution in [2.24, 2.45) is 0 Å². The Morgan fingerprint density at radius 2 is 1.68 bits per heavy atom. The molecule has 0 spiro atoms. The van der Waals surface area contributed by atoms with Gasteiger partial charge < -0.3 is 10.1 Å². The Kier molecular flexibility index (Phi) is 6.93. The van der Waals surface area contributed by atoms with Crippen LogP contribution in [-0.4, -0.2) is 38.3 Å². The van der Waals surface area contributed by atoms with E-state index in [1.165, 1.54) is 16.4 Å². The highest BCUT2D eigenvalue weighted by molar-refractivity contribution is 7.89. The van der Waals surface area contributed by atoms with Gasteiger partial charge in [0.2, 0.25) is 15.9 Å². The average molecular weight is 423 g/mol. The fourth-order valence-electron chi connectivity index (χ4n) is 2.96. The van der Waals surface area contributed by atoms with Crippen molar-refractivity contribution in [3.8, 4) is 5.75 Å². The van der Waals surface area contributed by atoms with Gasteiger partial charge in [0.25, 0.3) is 0 Å². The predicted molar refractivity (Wildman–Crippen MR) is 109 cm³/mol. The molecule has 2 aromatic rings. The summed E-state index contributed by atoms with van der Waals surface area (Å²) in [6.07, 6.45) is 2.67. The number of halogens is 1. The summed E-state index contributed by atoms with van der Waals surface area (Å²) in [6, 6.07) is 13.4. The zero-order chi connectivity index (χ0) is 20.0. The summed E-state index contributed by atoms with van der Waals surface area (Å²) in [4.78, 5) is 12.3. The van der Waals surface area contributed by atoms with Crippen molar-refractivity contribution in [3.63, 3.8) is 0 Å². The Bertz CT molecular complexity index is 893.